The molecule has 4 unspecified atom stereocenters. The normalized spacial score (nSPS) is 30.7. The molecule has 0 radical (unpaired) electrons. The van der Waals surface area contributed by atoms with E-state index in [0.29, 0.717) is 6.04 Å². The van der Waals surface area contributed by atoms with Crippen molar-refractivity contribution >= 4 is 22.6 Å². The van der Waals surface area contributed by atoms with Crippen molar-refractivity contribution in [3.63, 3.8) is 0 Å². The summed E-state index contributed by atoms with van der Waals surface area (Å²) >= 11 is 2.38. The van der Waals surface area contributed by atoms with Crippen LogP contribution in [0.15, 0.2) is 24.3 Å². The number of halogens is 1. The molecule has 2 aliphatic carbocycles. The smallest absolute Gasteiger partial charge is 0.0130 e. The van der Waals surface area contributed by atoms with E-state index in [2.05, 4.69) is 59.2 Å². The van der Waals surface area contributed by atoms with Gasteiger partial charge in [-0.3, -0.25) is 0 Å². The lowest BCUT2D eigenvalue weighted by atomic mass is 9.83. The van der Waals surface area contributed by atoms with E-state index in [1.807, 2.05) is 0 Å². The number of fused-ring (bicyclic) bond motifs is 2. The van der Waals surface area contributed by atoms with Crippen molar-refractivity contribution in [1.82, 2.24) is 5.32 Å². The van der Waals surface area contributed by atoms with Crippen molar-refractivity contribution in [3.8, 4) is 0 Å². The number of hydrogen-bond donors (Lipinski definition) is 1. The van der Waals surface area contributed by atoms with Crippen molar-refractivity contribution < 1.29 is 0 Å². The van der Waals surface area contributed by atoms with Gasteiger partial charge in [-0.2, -0.15) is 0 Å². The molecule has 0 aromatic heterocycles. The minimum absolute atomic E-state index is 0.657. The molecule has 0 heterocycles. The first-order valence-corrected chi connectivity index (χ1v) is 8.74. The molecule has 1 nitrogen and oxygen atoms in total. The zero-order chi connectivity index (χ0) is 13.2. The number of nitrogens with one attached hydrogen (secondary N) is 1. The Bertz CT molecular complexity index is 414. The van der Waals surface area contributed by atoms with Crippen LogP contribution < -0.4 is 5.32 Å². The largest absolute Gasteiger partial charge is 0.317 e. The van der Waals surface area contributed by atoms with Crippen LogP contribution in [0.5, 0.6) is 0 Å². The van der Waals surface area contributed by atoms with Gasteiger partial charge in [0.25, 0.3) is 0 Å². The molecule has 2 saturated carbocycles. The van der Waals surface area contributed by atoms with Gasteiger partial charge in [0.2, 0.25) is 0 Å². The molecule has 0 saturated heterocycles. The molecule has 19 heavy (non-hydrogen) atoms. The fourth-order valence-electron chi connectivity index (χ4n) is 4.24. The predicted molar refractivity (Wildman–Crippen MR) is 89.3 cm³/mol. The second kappa shape index (κ2) is 6.13. The molecule has 4 atom stereocenters. The van der Waals surface area contributed by atoms with Gasteiger partial charge in [0.15, 0.2) is 0 Å². The molecule has 2 heteroatoms. The first-order valence-electron chi connectivity index (χ1n) is 7.66. The monoisotopic (exact) mass is 369 g/mol. The van der Waals surface area contributed by atoms with Gasteiger partial charge < -0.3 is 5.32 Å². The van der Waals surface area contributed by atoms with E-state index in [1.165, 1.54) is 47.7 Å². The van der Waals surface area contributed by atoms with Crippen LogP contribution in [0.3, 0.4) is 0 Å². The minimum atomic E-state index is 0.657. The zero-order valence-corrected chi connectivity index (χ0v) is 13.9. The second-order valence-electron chi connectivity index (χ2n) is 6.49. The summed E-state index contributed by atoms with van der Waals surface area (Å²) in [4.78, 5) is 0. The van der Waals surface area contributed by atoms with Gasteiger partial charge in [-0.25, -0.2) is 0 Å². The maximum absolute atomic E-state index is 3.55. The third-order valence-corrected chi connectivity index (χ3v) is 5.99. The molecular formula is C17H24IN. The number of likely N-dealkylation sites (N-methyl/N-ethyl adjacent to an activating group) is 1. The van der Waals surface area contributed by atoms with Crippen LogP contribution in [0.1, 0.15) is 37.7 Å². The average molecular weight is 369 g/mol. The Labute approximate surface area is 130 Å². The lowest BCUT2D eigenvalue weighted by Crippen LogP contribution is -2.31. The summed E-state index contributed by atoms with van der Waals surface area (Å²) < 4.78 is 1.33. The molecule has 3 rings (SSSR count). The highest BCUT2D eigenvalue weighted by Gasteiger charge is 2.39. The predicted octanol–water partition coefficient (Wildman–Crippen LogP) is 4.25. The van der Waals surface area contributed by atoms with Gasteiger partial charge in [0.1, 0.15) is 0 Å². The lowest BCUT2D eigenvalue weighted by Gasteiger charge is -2.26. The molecule has 2 bridgehead atoms. The zero-order valence-electron chi connectivity index (χ0n) is 11.7. The van der Waals surface area contributed by atoms with Gasteiger partial charge in [0, 0.05) is 9.61 Å². The Morgan fingerprint density at radius 1 is 1.21 bits per heavy atom. The second-order valence-corrected chi connectivity index (χ2v) is 7.73. The molecular weight excluding hydrogens is 345 g/mol. The van der Waals surface area contributed by atoms with Gasteiger partial charge in [0.05, 0.1) is 0 Å². The maximum Gasteiger partial charge on any atom is 0.0130 e. The van der Waals surface area contributed by atoms with Crippen LogP contribution >= 0.6 is 22.6 Å². The molecule has 104 valence electrons. The number of hydrogen-bond acceptors (Lipinski definition) is 1. The van der Waals surface area contributed by atoms with Crippen molar-refractivity contribution in [2.45, 2.75) is 44.6 Å². The molecule has 0 aliphatic heterocycles. The topological polar surface area (TPSA) is 12.0 Å². The fourth-order valence-corrected chi connectivity index (χ4v) is 4.60. The van der Waals surface area contributed by atoms with Crippen molar-refractivity contribution in [2.75, 3.05) is 7.05 Å². The Morgan fingerprint density at radius 2 is 2.00 bits per heavy atom. The van der Waals surface area contributed by atoms with Crippen LogP contribution in [0.4, 0.5) is 0 Å². The molecule has 0 spiro atoms. The van der Waals surface area contributed by atoms with Crippen LogP contribution in [-0.2, 0) is 6.42 Å². The quantitative estimate of drug-likeness (QED) is 0.766. The molecule has 1 aromatic carbocycles. The van der Waals surface area contributed by atoms with Crippen molar-refractivity contribution in [3.05, 3.63) is 33.4 Å². The molecule has 1 N–H and O–H groups in total. The van der Waals surface area contributed by atoms with E-state index < -0.39 is 0 Å². The number of benzene rings is 1. The SMILES string of the molecule is CNC(Cc1ccc(I)cc1)CC1CC2CCC1C2. The Balaban J connectivity index is 1.57. The Kier molecular flexibility index (Phi) is 4.47. The summed E-state index contributed by atoms with van der Waals surface area (Å²) in [6, 6.07) is 9.67. The summed E-state index contributed by atoms with van der Waals surface area (Å²) in [6.45, 7) is 0. The standard InChI is InChI=1S/C17H24IN/c1-19-17(10-12-3-6-16(18)7-4-12)11-15-9-13-2-5-14(15)8-13/h3-4,6-7,13-15,17,19H,2,5,8-11H2,1H3. The lowest BCUT2D eigenvalue weighted by molar-refractivity contribution is 0.281. The van der Waals surface area contributed by atoms with Gasteiger partial charge in [-0.15, -0.1) is 0 Å². The van der Waals surface area contributed by atoms with Crippen molar-refractivity contribution in [1.29, 1.82) is 0 Å². The molecule has 1 aromatic rings. The number of rotatable bonds is 5. The van der Waals surface area contributed by atoms with Crippen LogP contribution in [0, 0.1) is 21.3 Å². The van der Waals surface area contributed by atoms with Gasteiger partial charge in [-0.05, 0) is 97.2 Å². The third-order valence-electron chi connectivity index (χ3n) is 5.28. The highest BCUT2D eigenvalue weighted by molar-refractivity contribution is 14.1. The van der Waals surface area contributed by atoms with Gasteiger partial charge in [-0.1, -0.05) is 18.6 Å². The van der Waals surface area contributed by atoms with Crippen molar-refractivity contribution in [2.24, 2.45) is 17.8 Å². The average Bonchev–Trinajstić information content (AvgIpc) is 3.03. The Hall–Kier alpha value is -0.0900. The van der Waals surface area contributed by atoms with Gasteiger partial charge >= 0.3 is 0 Å². The van der Waals surface area contributed by atoms with E-state index >= 15 is 0 Å². The maximum atomic E-state index is 3.55. The molecule has 0 amide bonds. The van der Waals surface area contributed by atoms with E-state index in [1.54, 1.807) is 0 Å². The first kappa shape index (κ1) is 13.9. The van der Waals surface area contributed by atoms with E-state index in [-0.39, 0.29) is 0 Å². The molecule has 2 fully saturated rings. The fraction of sp³-hybridized carbons (Fsp3) is 0.647. The van der Waals surface area contributed by atoms with E-state index in [4.69, 9.17) is 0 Å². The third kappa shape index (κ3) is 3.33. The Morgan fingerprint density at radius 3 is 2.58 bits per heavy atom. The minimum Gasteiger partial charge on any atom is -0.317 e. The van der Waals surface area contributed by atoms with E-state index in [9.17, 15) is 0 Å². The summed E-state index contributed by atoms with van der Waals surface area (Å²) in [6.07, 6.45) is 8.63. The summed E-state index contributed by atoms with van der Waals surface area (Å²) in [7, 11) is 2.13. The summed E-state index contributed by atoms with van der Waals surface area (Å²) in [5.41, 5.74) is 1.47. The van der Waals surface area contributed by atoms with Crippen LogP contribution in [0.2, 0.25) is 0 Å². The highest BCUT2D eigenvalue weighted by Crippen LogP contribution is 2.49. The first-order chi connectivity index (χ1) is 9.24. The molecule has 2 aliphatic rings. The van der Waals surface area contributed by atoms with E-state index in [0.717, 1.165) is 17.8 Å². The summed E-state index contributed by atoms with van der Waals surface area (Å²) in [5, 5.41) is 3.55. The summed E-state index contributed by atoms with van der Waals surface area (Å²) in [5.74, 6) is 3.13. The highest BCUT2D eigenvalue weighted by atomic mass is 127. The van der Waals surface area contributed by atoms with Crippen LogP contribution in [-0.4, -0.2) is 13.1 Å². The van der Waals surface area contributed by atoms with Crippen LogP contribution in [0.25, 0.3) is 0 Å².